The van der Waals surface area contributed by atoms with Gasteiger partial charge in [0.25, 0.3) is 0 Å². The van der Waals surface area contributed by atoms with Crippen LogP contribution < -0.4 is 9.47 Å². The van der Waals surface area contributed by atoms with Crippen molar-refractivity contribution < 1.29 is 9.47 Å². The molecule has 3 heteroatoms. The molecule has 4 aromatic rings. The highest BCUT2D eigenvalue weighted by molar-refractivity contribution is 6.64. The number of benzene rings is 4. The van der Waals surface area contributed by atoms with Crippen LogP contribution in [0.4, 0.5) is 0 Å². The Morgan fingerprint density at radius 1 is 0.500 bits per heavy atom. The van der Waals surface area contributed by atoms with Crippen molar-refractivity contribution in [2.75, 3.05) is 14.2 Å². The Labute approximate surface area is 311 Å². The van der Waals surface area contributed by atoms with Gasteiger partial charge >= 0.3 is 0 Å². The summed E-state index contributed by atoms with van der Waals surface area (Å²) in [5.41, 5.74) is 12.8. The first-order valence-electron chi connectivity index (χ1n) is 18.8. The van der Waals surface area contributed by atoms with Gasteiger partial charge in [-0.3, -0.25) is 0 Å². The predicted molar refractivity (Wildman–Crippen MR) is 222 cm³/mol. The van der Waals surface area contributed by atoms with E-state index in [0.29, 0.717) is 22.9 Å². The van der Waals surface area contributed by atoms with Gasteiger partial charge < -0.3 is 9.47 Å². The van der Waals surface area contributed by atoms with Crippen molar-refractivity contribution >= 4 is 30.3 Å². The SMILES string of the molecule is COc1ccc2cc(C3C=CC=CC4=C3C=C(C(C)C)C4[Si](C)C3C(C(C)C)=CC4=C3C=CC=CC4c3ccc4cc(OC)ccc4c3)ccc2c1. The molecule has 8 rings (SSSR count). The molecular weight excluding hydrogens is 649 g/mol. The molecule has 0 amide bonds. The molecule has 0 spiro atoms. The van der Waals surface area contributed by atoms with E-state index in [9.17, 15) is 0 Å². The molecule has 0 saturated heterocycles. The lowest BCUT2D eigenvalue weighted by Gasteiger charge is -2.34. The number of hydrogen-bond acceptors (Lipinski definition) is 2. The molecule has 0 aromatic heterocycles. The van der Waals surface area contributed by atoms with Gasteiger partial charge in [0.2, 0.25) is 0 Å². The van der Waals surface area contributed by atoms with E-state index in [4.69, 9.17) is 9.47 Å². The normalized spacial score (nSPS) is 22.4. The first-order chi connectivity index (χ1) is 25.2. The third-order valence-electron chi connectivity index (χ3n) is 11.8. The van der Waals surface area contributed by atoms with E-state index in [2.05, 4.69) is 168 Å². The van der Waals surface area contributed by atoms with Crippen molar-refractivity contribution in [3.8, 4) is 11.5 Å². The van der Waals surface area contributed by atoms with E-state index in [-0.39, 0.29) is 11.8 Å². The molecule has 0 N–H and O–H groups in total. The van der Waals surface area contributed by atoms with Crippen molar-refractivity contribution in [2.45, 2.75) is 57.2 Å². The Bertz CT molecular complexity index is 2160. The molecule has 4 aliphatic rings. The number of fused-ring (bicyclic) bond motifs is 2. The second-order valence-corrected chi connectivity index (χ2v) is 18.1. The fraction of sp³-hybridized carbons (Fsp3) is 0.265. The van der Waals surface area contributed by atoms with Crippen LogP contribution in [-0.4, -0.2) is 23.0 Å². The van der Waals surface area contributed by atoms with E-state index in [1.165, 1.54) is 55.0 Å². The minimum absolute atomic E-state index is 0.211. The summed E-state index contributed by atoms with van der Waals surface area (Å²) in [6.45, 7) is 12.2. The van der Waals surface area contributed by atoms with E-state index in [1.807, 2.05) is 0 Å². The maximum absolute atomic E-state index is 5.52. The highest BCUT2D eigenvalue weighted by Gasteiger charge is 2.43. The zero-order valence-corrected chi connectivity index (χ0v) is 32.5. The first kappa shape index (κ1) is 34.2. The van der Waals surface area contributed by atoms with Gasteiger partial charge in [-0.15, -0.1) is 0 Å². The Balaban J connectivity index is 1.20. The maximum Gasteiger partial charge on any atom is 0.119 e. The van der Waals surface area contributed by atoms with Gasteiger partial charge in [-0.05, 0) is 102 Å². The Hall–Kier alpha value is -4.86. The molecule has 4 aliphatic carbocycles. The van der Waals surface area contributed by atoms with Crippen molar-refractivity contribution in [3.05, 3.63) is 178 Å². The van der Waals surface area contributed by atoms with Crippen LogP contribution in [-0.2, 0) is 0 Å². The molecule has 2 nitrogen and oxygen atoms in total. The lowest BCUT2D eigenvalue weighted by atomic mass is 9.88. The number of ether oxygens (including phenoxy) is 2. The number of allylic oxidation sites excluding steroid dienone is 16. The van der Waals surface area contributed by atoms with Crippen LogP contribution >= 0.6 is 0 Å². The summed E-state index contributed by atoms with van der Waals surface area (Å²) in [4.78, 5) is 0. The second-order valence-electron chi connectivity index (χ2n) is 15.4. The highest BCUT2D eigenvalue weighted by atomic mass is 28.3. The van der Waals surface area contributed by atoms with Gasteiger partial charge in [0.05, 0.1) is 23.0 Å². The number of rotatable bonds is 8. The topological polar surface area (TPSA) is 18.5 Å². The standard InChI is InChI=1S/C49H49O2Si/c1-30(2)44-28-46-40(36-18-16-34-26-38(50-5)22-20-32(34)24-36)12-8-10-14-42(46)48(44)52(7)49-43-15-11-9-13-41(47(43)29-45(49)31(3)4)37-19-17-35-27-39(51-6)23-21-33(35)25-37/h8-31,40-41,48-49H,1-7H3. The van der Waals surface area contributed by atoms with Crippen LogP contribution in [0.1, 0.15) is 50.7 Å². The Morgan fingerprint density at radius 2 is 0.904 bits per heavy atom. The van der Waals surface area contributed by atoms with E-state index in [1.54, 1.807) is 25.4 Å². The summed E-state index contributed by atoms with van der Waals surface area (Å²) in [7, 11) is 2.44. The van der Waals surface area contributed by atoms with Crippen LogP contribution in [0.2, 0.25) is 17.6 Å². The lowest BCUT2D eigenvalue weighted by Crippen LogP contribution is -2.29. The molecule has 1 radical (unpaired) electrons. The summed E-state index contributed by atoms with van der Waals surface area (Å²) in [6, 6.07) is 26.7. The molecule has 0 bridgehead atoms. The summed E-state index contributed by atoms with van der Waals surface area (Å²) >= 11 is 0. The molecule has 0 heterocycles. The molecule has 4 aromatic carbocycles. The molecule has 0 saturated carbocycles. The number of hydrogen-bond donors (Lipinski definition) is 0. The molecular formula is C49H49O2Si. The summed E-state index contributed by atoms with van der Waals surface area (Å²) in [6.07, 6.45) is 24.0. The largest absolute Gasteiger partial charge is 0.497 e. The van der Waals surface area contributed by atoms with Crippen LogP contribution in [0.25, 0.3) is 21.5 Å². The monoisotopic (exact) mass is 697 g/mol. The van der Waals surface area contributed by atoms with Crippen LogP contribution in [0.5, 0.6) is 11.5 Å². The predicted octanol–water partition coefficient (Wildman–Crippen LogP) is 12.8. The van der Waals surface area contributed by atoms with Crippen LogP contribution in [0, 0.1) is 11.8 Å². The summed E-state index contributed by atoms with van der Waals surface area (Å²) < 4.78 is 11.0. The lowest BCUT2D eigenvalue weighted by molar-refractivity contribution is 0.415. The minimum Gasteiger partial charge on any atom is -0.497 e. The van der Waals surface area contributed by atoms with Crippen molar-refractivity contribution in [1.82, 2.24) is 0 Å². The molecule has 4 atom stereocenters. The average molecular weight is 698 g/mol. The van der Waals surface area contributed by atoms with Crippen molar-refractivity contribution in [1.29, 1.82) is 0 Å². The molecule has 52 heavy (non-hydrogen) atoms. The number of methoxy groups -OCH3 is 2. The summed E-state index contributed by atoms with van der Waals surface area (Å²) in [5, 5.41) is 4.92. The van der Waals surface area contributed by atoms with Crippen LogP contribution in [0.3, 0.4) is 0 Å². The van der Waals surface area contributed by atoms with Gasteiger partial charge in [-0.2, -0.15) is 0 Å². The third kappa shape index (κ3) is 5.99. The zero-order valence-electron chi connectivity index (χ0n) is 31.5. The zero-order chi connectivity index (χ0) is 36.1. The molecule has 4 unspecified atom stereocenters. The van der Waals surface area contributed by atoms with Gasteiger partial charge in [0, 0.05) is 11.8 Å². The highest BCUT2D eigenvalue weighted by Crippen LogP contribution is 2.56. The van der Waals surface area contributed by atoms with Crippen LogP contribution in [0.15, 0.2) is 167 Å². The quantitative estimate of drug-likeness (QED) is 0.171. The van der Waals surface area contributed by atoms with Crippen molar-refractivity contribution in [2.24, 2.45) is 11.8 Å². The summed E-state index contributed by atoms with van der Waals surface area (Å²) in [5.74, 6) is 3.15. The Kier molecular flexibility index (Phi) is 9.17. The van der Waals surface area contributed by atoms with Gasteiger partial charge in [-0.25, -0.2) is 0 Å². The van der Waals surface area contributed by atoms with E-state index < -0.39 is 8.80 Å². The smallest absolute Gasteiger partial charge is 0.119 e. The maximum atomic E-state index is 5.52. The van der Waals surface area contributed by atoms with E-state index in [0.717, 1.165) is 11.5 Å². The first-order valence-corrected chi connectivity index (χ1v) is 21.0. The molecule has 261 valence electrons. The molecule has 0 aliphatic heterocycles. The molecule has 0 fully saturated rings. The van der Waals surface area contributed by atoms with Gasteiger partial charge in [0.1, 0.15) is 11.5 Å². The third-order valence-corrected chi connectivity index (χ3v) is 14.9. The van der Waals surface area contributed by atoms with Gasteiger partial charge in [0.15, 0.2) is 0 Å². The Morgan fingerprint density at radius 3 is 1.31 bits per heavy atom. The van der Waals surface area contributed by atoms with Gasteiger partial charge in [-0.1, -0.05) is 155 Å². The second kappa shape index (κ2) is 13.9. The fourth-order valence-corrected chi connectivity index (χ4v) is 12.8. The minimum atomic E-state index is -1.03. The van der Waals surface area contributed by atoms with E-state index >= 15 is 0 Å². The fourth-order valence-electron chi connectivity index (χ4n) is 9.07. The average Bonchev–Trinajstić information content (AvgIpc) is 3.57. The van der Waals surface area contributed by atoms with Crippen molar-refractivity contribution in [3.63, 3.8) is 0 Å².